The largest absolute Gasteiger partial charge is 0.478 e. The molecule has 1 rings (SSSR count). The molecule has 0 radical (unpaired) electrons. The number of unbranched alkanes of at least 4 members (excludes halogenated alkanes) is 2. The van der Waals surface area contributed by atoms with E-state index in [0.717, 1.165) is 24.9 Å². The minimum atomic E-state index is -1.88. The molecule has 3 heteroatoms. The molecule has 21 heavy (non-hydrogen) atoms. The molecule has 0 heterocycles. The minimum Gasteiger partial charge on any atom is -0.478 e. The average Bonchev–Trinajstić information content (AvgIpc) is 2.50. The van der Waals surface area contributed by atoms with Crippen molar-refractivity contribution in [2.75, 3.05) is 0 Å². The van der Waals surface area contributed by atoms with Crippen LogP contribution in [0.1, 0.15) is 46.5 Å². The highest BCUT2D eigenvalue weighted by molar-refractivity contribution is 6.96. The topological polar surface area (TPSA) is 37.3 Å². The van der Waals surface area contributed by atoms with Crippen molar-refractivity contribution in [2.24, 2.45) is 0 Å². The summed E-state index contributed by atoms with van der Waals surface area (Å²) in [6.45, 7) is 6.15. The lowest BCUT2D eigenvalue weighted by molar-refractivity contribution is -0.132. The van der Waals surface area contributed by atoms with Gasteiger partial charge >= 0.3 is 5.97 Å². The number of carbonyl (C=O) groups is 1. The summed E-state index contributed by atoms with van der Waals surface area (Å²) in [6.07, 6.45) is 4.67. The van der Waals surface area contributed by atoms with E-state index in [1.165, 1.54) is 18.0 Å². The Morgan fingerprint density at radius 1 is 1.10 bits per heavy atom. The van der Waals surface area contributed by atoms with E-state index in [2.05, 4.69) is 43.8 Å². The van der Waals surface area contributed by atoms with E-state index in [9.17, 15) is 9.90 Å². The molecular formula is C18H28O2Si. The van der Waals surface area contributed by atoms with Crippen molar-refractivity contribution in [1.82, 2.24) is 0 Å². The van der Waals surface area contributed by atoms with Crippen LogP contribution in [0.5, 0.6) is 0 Å². The maximum atomic E-state index is 11.3. The highest BCUT2D eigenvalue weighted by Crippen LogP contribution is 2.25. The second kappa shape index (κ2) is 8.83. The molecule has 0 fully saturated rings. The van der Waals surface area contributed by atoms with Crippen molar-refractivity contribution in [3.8, 4) is 0 Å². The summed E-state index contributed by atoms with van der Waals surface area (Å²) in [7, 11) is -1.88. The summed E-state index contributed by atoms with van der Waals surface area (Å²) in [5.41, 5.74) is 2.65. The molecule has 1 N–H and O–H groups in total. The van der Waals surface area contributed by atoms with Crippen LogP contribution in [-0.2, 0) is 4.79 Å². The van der Waals surface area contributed by atoms with Gasteiger partial charge in [0.25, 0.3) is 0 Å². The first-order chi connectivity index (χ1) is 10.1. The van der Waals surface area contributed by atoms with Crippen LogP contribution in [-0.4, -0.2) is 19.1 Å². The van der Waals surface area contributed by atoms with Crippen molar-refractivity contribution in [2.45, 2.75) is 58.5 Å². The Kier molecular flexibility index (Phi) is 7.44. The predicted octanol–water partition coefficient (Wildman–Crippen LogP) is 4.51. The molecule has 0 aliphatic heterocycles. The Bertz CT molecular complexity index is 457. The molecular weight excluding hydrogens is 276 g/mol. The maximum absolute atomic E-state index is 11.3. The van der Waals surface area contributed by atoms with E-state index in [0.29, 0.717) is 5.57 Å². The second-order valence-electron chi connectivity index (χ2n) is 5.86. The quantitative estimate of drug-likeness (QED) is 0.538. The van der Waals surface area contributed by atoms with Crippen LogP contribution >= 0.6 is 0 Å². The molecule has 0 atom stereocenters. The smallest absolute Gasteiger partial charge is 0.330 e. The third kappa shape index (κ3) is 5.16. The van der Waals surface area contributed by atoms with Crippen molar-refractivity contribution in [1.29, 1.82) is 0 Å². The lowest BCUT2D eigenvalue weighted by Crippen LogP contribution is -2.46. The monoisotopic (exact) mass is 304 g/mol. The zero-order chi connectivity index (χ0) is 15.7. The molecule has 0 aliphatic rings. The number of aliphatic carboxylic acids is 1. The van der Waals surface area contributed by atoms with Crippen LogP contribution in [0.4, 0.5) is 0 Å². The molecule has 0 aliphatic carbocycles. The highest BCUT2D eigenvalue weighted by Gasteiger charge is 2.32. The van der Waals surface area contributed by atoms with Crippen LogP contribution in [0.25, 0.3) is 0 Å². The lowest BCUT2D eigenvalue weighted by atomic mass is 10.3. The van der Waals surface area contributed by atoms with Crippen LogP contribution < -0.4 is 5.19 Å². The molecule has 0 saturated heterocycles. The van der Waals surface area contributed by atoms with Gasteiger partial charge in [-0.25, -0.2) is 4.79 Å². The molecule has 0 amide bonds. The Morgan fingerprint density at radius 2 is 1.62 bits per heavy atom. The number of carboxylic acids is 1. The van der Waals surface area contributed by atoms with Gasteiger partial charge in [-0.1, -0.05) is 80.7 Å². The van der Waals surface area contributed by atoms with Crippen molar-refractivity contribution in [3.63, 3.8) is 0 Å². The van der Waals surface area contributed by atoms with Crippen molar-refractivity contribution < 1.29 is 9.90 Å². The molecule has 0 bridgehead atoms. The van der Waals surface area contributed by atoms with Gasteiger partial charge in [0.1, 0.15) is 8.07 Å². The Balaban J connectivity index is 3.26. The van der Waals surface area contributed by atoms with Gasteiger partial charge in [-0.15, -0.1) is 0 Å². The maximum Gasteiger partial charge on any atom is 0.330 e. The van der Waals surface area contributed by atoms with Crippen molar-refractivity contribution in [3.05, 3.63) is 41.6 Å². The molecule has 0 saturated carbocycles. The third-order valence-electron chi connectivity index (χ3n) is 4.13. The van der Waals surface area contributed by atoms with Gasteiger partial charge in [-0.05, 0) is 19.0 Å². The fourth-order valence-electron chi connectivity index (χ4n) is 2.87. The van der Waals surface area contributed by atoms with E-state index in [-0.39, 0.29) is 0 Å². The number of hydrogen-bond acceptors (Lipinski definition) is 1. The van der Waals surface area contributed by atoms with Crippen LogP contribution in [0, 0.1) is 0 Å². The first-order valence-corrected chi connectivity index (χ1v) is 10.5. The molecule has 1 aromatic carbocycles. The molecule has 0 spiro atoms. The van der Waals surface area contributed by atoms with Gasteiger partial charge in [0, 0.05) is 5.57 Å². The number of rotatable bonds is 9. The molecule has 0 aromatic heterocycles. The zero-order valence-electron chi connectivity index (χ0n) is 13.6. The minimum absolute atomic E-state index is 0.512. The summed E-state index contributed by atoms with van der Waals surface area (Å²) >= 11 is 0. The first kappa shape index (κ1) is 17.7. The summed E-state index contributed by atoms with van der Waals surface area (Å²) in [4.78, 5) is 11.3. The van der Waals surface area contributed by atoms with Gasteiger partial charge in [0.2, 0.25) is 0 Å². The van der Waals surface area contributed by atoms with E-state index < -0.39 is 14.0 Å². The fraction of sp³-hybridized carbons (Fsp3) is 0.500. The Morgan fingerprint density at radius 3 is 2.05 bits per heavy atom. The second-order valence-corrected chi connectivity index (χ2v) is 10.0. The molecule has 0 unspecified atom stereocenters. The number of carboxylic acid groups (broad SMARTS) is 1. The van der Waals surface area contributed by atoms with E-state index in [1.54, 1.807) is 6.92 Å². The Hall–Kier alpha value is -1.35. The van der Waals surface area contributed by atoms with Gasteiger partial charge < -0.3 is 5.11 Å². The normalized spacial score (nSPS) is 12.4. The summed E-state index contributed by atoms with van der Waals surface area (Å²) in [6, 6.07) is 12.9. The van der Waals surface area contributed by atoms with Crippen LogP contribution in [0.15, 0.2) is 41.6 Å². The van der Waals surface area contributed by atoms with Gasteiger partial charge in [-0.3, -0.25) is 0 Å². The van der Waals surface area contributed by atoms with Crippen molar-refractivity contribution >= 4 is 19.2 Å². The first-order valence-electron chi connectivity index (χ1n) is 8.04. The van der Waals surface area contributed by atoms with E-state index in [1.807, 2.05) is 6.07 Å². The van der Waals surface area contributed by atoms with E-state index in [4.69, 9.17) is 0 Å². The summed E-state index contributed by atoms with van der Waals surface area (Å²) in [5.74, 6) is -0.782. The molecule has 2 nitrogen and oxygen atoms in total. The standard InChI is InChI=1S/C18H28O2Si/c1-4-6-13-21(14-7-5-2,15-16(3)18(19)20)17-11-9-8-10-12-17/h8-12,15H,4-7,13-14H2,1-3H3,(H,19,20). The summed E-state index contributed by atoms with van der Waals surface area (Å²) < 4.78 is 0. The SMILES string of the molecule is CCCC[Si](C=C(C)C(=O)O)(CCCC)c1ccccc1. The molecule has 1 aromatic rings. The Labute approximate surface area is 129 Å². The average molecular weight is 305 g/mol. The van der Waals surface area contributed by atoms with Gasteiger partial charge in [-0.2, -0.15) is 0 Å². The van der Waals surface area contributed by atoms with Crippen LogP contribution in [0.2, 0.25) is 12.1 Å². The summed E-state index contributed by atoms with van der Waals surface area (Å²) in [5, 5.41) is 10.7. The third-order valence-corrected chi connectivity index (χ3v) is 9.09. The highest BCUT2D eigenvalue weighted by atomic mass is 28.3. The zero-order valence-corrected chi connectivity index (χ0v) is 14.6. The van der Waals surface area contributed by atoms with Gasteiger partial charge in [0.15, 0.2) is 0 Å². The lowest BCUT2D eigenvalue weighted by Gasteiger charge is -2.30. The van der Waals surface area contributed by atoms with E-state index >= 15 is 0 Å². The number of benzene rings is 1. The van der Waals surface area contributed by atoms with Gasteiger partial charge in [0.05, 0.1) is 0 Å². The molecule has 116 valence electrons. The predicted molar refractivity (Wildman–Crippen MR) is 92.7 cm³/mol. The van der Waals surface area contributed by atoms with Crippen LogP contribution in [0.3, 0.4) is 0 Å². The fourth-order valence-corrected chi connectivity index (χ4v) is 7.93. The number of hydrogen-bond donors (Lipinski definition) is 1.